The number of aromatic nitrogens is 4. The molecule has 6 nitrogen and oxygen atoms in total. The van der Waals surface area contributed by atoms with E-state index in [2.05, 4.69) is 15.0 Å². The number of alkyl halides is 5. The Morgan fingerprint density at radius 3 is 2.45 bits per heavy atom. The molecule has 0 radical (unpaired) electrons. The summed E-state index contributed by atoms with van der Waals surface area (Å²) in [6, 6.07) is 5.21. The van der Waals surface area contributed by atoms with Crippen molar-refractivity contribution in [3.63, 3.8) is 0 Å². The first-order chi connectivity index (χ1) is 15.3. The zero-order valence-electron chi connectivity index (χ0n) is 18.5. The number of anilines is 1. The van der Waals surface area contributed by atoms with Gasteiger partial charge in [0.25, 0.3) is 5.92 Å². The zero-order valence-corrected chi connectivity index (χ0v) is 18.5. The van der Waals surface area contributed by atoms with Crippen molar-refractivity contribution in [1.82, 2.24) is 19.5 Å². The smallest absolute Gasteiger partial charge is 0.416 e. The molecule has 0 amide bonds. The minimum absolute atomic E-state index is 0.0338. The highest BCUT2D eigenvalue weighted by Crippen LogP contribution is 2.35. The molecule has 11 heteroatoms. The van der Waals surface area contributed by atoms with E-state index in [1.165, 1.54) is 34.0 Å². The van der Waals surface area contributed by atoms with E-state index in [1.54, 1.807) is 0 Å². The molecule has 0 saturated carbocycles. The van der Waals surface area contributed by atoms with Crippen LogP contribution in [-0.2, 0) is 12.7 Å². The van der Waals surface area contributed by atoms with Gasteiger partial charge in [-0.1, -0.05) is 39.0 Å². The third-order valence-electron chi connectivity index (χ3n) is 5.19. The number of hydrogen-bond donors (Lipinski definition) is 0. The molecule has 2 aromatic heterocycles. The van der Waals surface area contributed by atoms with Crippen molar-refractivity contribution < 1.29 is 26.7 Å². The number of imidazole rings is 1. The Morgan fingerprint density at radius 2 is 1.82 bits per heavy atom. The van der Waals surface area contributed by atoms with Crippen LogP contribution >= 0.6 is 0 Å². The molecular formula is C22H24F5N5O. The molecule has 3 heterocycles. The molecule has 1 aliphatic rings. The summed E-state index contributed by atoms with van der Waals surface area (Å²) in [5, 5.41) is 0. The Hall–Kier alpha value is -2.98. The molecule has 178 valence electrons. The predicted molar refractivity (Wildman–Crippen MR) is 113 cm³/mol. The Bertz CT molecular complexity index is 1150. The van der Waals surface area contributed by atoms with E-state index in [1.807, 2.05) is 20.8 Å². The summed E-state index contributed by atoms with van der Waals surface area (Å²) in [7, 11) is 0. The molecule has 1 saturated heterocycles. The van der Waals surface area contributed by atoms with Gasteiger partial charge < -0.3 is 14.2 Å². The van der Waals surface area contributed by atoms with Crippen LogP contribution in [0.25, 0.3) is 11.2 Å². The minimum Gasteiger partial charge on any atom is -0.463 e. The first-order valence-electron chi connectivity index (χ1n) is 10.5. The van der Waals surface area contributed by atoms with E-state index in [-0.39, 0.29) is 60.1 Å². The maximum Gasteiger partial charge on any atom is 0.416 e. The van der Waals surface area contributed by atoms with Crippen molar-refractivity contribution in [2.24, 2.45) is 5.41 Å². The van der Waals surface area contributed by atoms with Gasteiger partial charge in [0.05, 0.1) is 31.6 Å². The summed E-state index contributed by atoms with van der Waals surface area (Å²) < 4.78 is 75.3. The second-order valence-corrected chi connectivity index (χ2v) is 9.41. The van der Waals surface area contributed by atoms with Crippen molar-refractivity contribution in [1.29, 1.82) is 0 Å². The lowest BCUT2D eigenvalue weighted by Gasteiger charge is -2.20. The highest BCUT2D eigenvalue weighted by Gasteiger charge is 2.40. The van der Waals surface area contributed by atoms with Crippen molar-refractivity contribution >= 4 is 17.0 Å². The highest BCUT2D eigenvalue weighted by molar-refractivity contribution is 5.84. The highest BCUT2D eigenvalue weighted by atomic mass is 19.4. The van der Waals surface area contributed by atoms with Crippen molar-refractivity contribution in [3.05, 3.63) is 41.7 Å². The minimum atomic E-state index is -4.52. The standard InChI is InChI=1S/C22H24F5N5O/c1-20(2,3)12-33-19-29-17(31-9-8-21(23,24)11-31)16-18(30-19)32(13-28-16)10-14-6-4-5-7-15(14)22(25,26)27/h4-7,13H,8-12H2,1-3H3. The van der Waals surface area contributed by atoms with Gasteiger partial charge in [-0.3, -0.25) is 0 Å². The van der Waals surface area contributed by atoms with Gasteiger partial charge in [-0.05, 0) is 17.0 Å². The number of ether oxygens (including phenoxy) is 1. The molecule has 0 aliphatic carbocycles. The molecule has 4 rings (SSSR count). The van der Waals surface area contributed by atoms with E-state index in [0.29, 0.717) is 0 Å². The monoisotopic (exact) mass is 469 g/mol. The van der Waals surface area contributed by atoms with Crippen LogP contribution in [0.3, 0.4) is 0 Å². The van der Waals surface area contributed by atoms with Crippen molar-refractivity contribution in [2.45, 2.75) is 45.8 Å². The molecule has 0 unspecified atom stereocenters. The van der Waals surface area contributed by atoms with Gasteiger partial charge in [-0.2, -0.15) is 23.1 Å². The molecule has 33 heavy (non-hydrogen) atoms. The van der Waals surface area contributed by atoms with E-state index in [9.17, 15) is 22.0 Å². The largest absolute Gasteiger partial charge is 0.463 e. The lowest BCUT2D eigenvalue weighted by Crippen LogP contribution is -2.26. The average molecular weight is 469 g/mol. The summed E-state index contributed by atoms with van der Waals surface area (Å²) in [5.74, 6) is -2.68. The lowest BCUT2D eigenvalue weighted by molar-refractivity contribution is -0.138. The van der Waals surface area contributed by atoms with Gasteiger partial charge in [0, 0.05) is 13.0 Å². The molecule has 1 fully saturated rings. The van der Waals surface area contributed by atoms with Gasteiger partial charge in [0.1, 0.15) is 0 Å². The fraction of sp³-hybridized carbons (Fsp3) is 0.500. The number of nitrogens with zero attached hydrogens (tertiary/aromatic N) is 5. The molecule has 3 aromatic rings. The van der Waals surface area contributed by atoms with E-state index in [0.717, 1.165) is 6.07 Å². The molecule has 1 aliphatic heterocycles. The number of benzene rings is 1. The van der Waals surface area contributed by atoms with E-state index >= 15 is 0 Å². The van der Waals surface area contributed by atoms with Crippen molar-refractivity contribution in [3.8, 4) is 6.01 Å². The van der Waals surface area contributed by atoms with Crippen LogP contribution in [0, 0.1) is 5.41 Å². The second-order valence-electron chi connectivity index (χ2n) is 9.41. The van der Waals surface area contributed by atoms with E-state index < -0.39 is 24.2 Å². The summed E-state index contributed by atoms with van der Waals surface area (Å²) in [4.78, 5) is 14.4. The fourth-order valence-electron chi connectivity index (χ4n) is 3.63. The lowest BCUT2D eigenvalue weighted by atomic mass is 9.99. The topological polar surface area (TPSA) is 56.1 Å². The van der Waals surface area contributed by atoms with E-state index in [4.69, 9.17) is 4.74 Å². The Morgan fingerprint density at radius 1 is 1.09 bits per heavy atom. The number of hydrogen-bond acceptors (Lipinski definition) is 5. The number of fused-ring (bicyclic) bond motifs is 1. The van der Waals surface area contributed by atoms with Gasteiger partial charge in [0.15, 0.2) is 17.0 Å². The van der Waals surface area contributed by atoms with Gasteiger partial charge in [-0.15, -0.1) is 0 Å². The summed E-state index contributed by atoms with van der Waals surface area (Å²) in [6.45, 7) is 5.50. The summed E-state index contributed by atoms with van der Waals surface area (Å²) >= 11 is 0. The average Bonchev–Trinajstić information content (AvgIpc) is 3.28. The third-order valence-corrected chi connectivity index (χ3v) is 5.19. The van der Waals surface area contributed by atoms with Crippen LogP contribution in [-0.4, -0.2) is 45.1 Å². The second kappa shape index (κ2) is 8.11. The molecular weight excluding hydrogens is 445 g/mol. The maximum atomic E-state index is 13.9. The first kappa shape index (κ1) is 23.2. The molecule has 0 N–H and O–H groups in total. The zero-order chi connectivity index (χ0) is 24.0. The van der Waals surface area contributed by atoms with Gasteiger partial charge in [-0.25, -0.2) is 13.8 Å². The van der Waals surface area contributed by atoms with Crippen molar-refractivity contribution in [2.75, 3.05) is 24.6 Å². The predicted octanol–water partition coefficient (Wildman–Crippen LogP) is 5.16. The van der Waals surface area contributed by atoms with Crippen LogP contribution in [0.4, 0.5) is 27.8 Å². The Balaban J connectivity index is 1.77. The van der Waals surface area contributed by atoms with Crippen LogP contribution in [0.5, 0.6) is 6.01 Å². The summed E-state index contributed by atoms with van der Waals surface area (Å²) in [6.07, 6.45) is -3.50. The molecule has 0 atom stereocenters. The van der Waals surface area contributed by atoms with Crippen LogP contribution in [0.2, 0.25) is 0 Å². The Labute approximate surface area is 187 Å². The van der Waals surface area contributed by atoms with Gasteiger partial charge in [0.2, 0.25) is 0 Å². The summed E-state index contributed by atoms with van der Waals surface area (Å²) in [5.41, 5.74) is -0.486. The maximum absolute atomic E-state index is 13.9. The van der Waals surface area contributed by atoms with Crippen LogP contribution in [0.1, 0.15) is 38.3 Å². The van der Waals surface area contributed by atoms with Gasteiger partial charge >= 0.3 is 12.2 Å². The van der Waals surface area contributed by atoms with Crippen LogP contribution < -0.4 is 9.64 Å². The molecule has 0 bridgehead atoms. The number of halogens is 5. The molecule has 0 spiro atoms. The quantitative estimate of drug-likeness (QED) is 0.483. The van der Waals surface area contributed by atoms with Crippen LogP contribution in [0.15, 0.2) is 30.6 Å². The SMILES string of the molecule is CC(C)(C)COc1nc(N2CCC(F)(F)C2)c2ncn(Cc3ccccc3C(F)(F)F)c2n1. The fourth-order valence-corrected chi connectivity index (χ4v) is 3.63. The Kier molecular flexibility index (Phi) is 5.69. The first-order valence-corrected chi connectivity index (χ1v) is 10.5. The third kappa shape index (κ3) is 5.17. The number of rotatable bonds is 5. The molecule has 1 aromatic carbocycles. The normalized spacial score (nSPS) is 16.5.